The number of hydrogen-bond acceptors (Lipinski definition) is 3. The summed E-state index contributed by atoms with van der Waals surface area (Å²) in [5, 5.41) is 12.4. The van der Waals surface area contributed by atoms with Gasteiger partial charge in [0.1, 0.15) is 17.9 Å². The average Bonchev–Trinajstić information content (AvgIpc) is 2.71. The van der Waals surface area contributed by atoms with Crippen molar-refractivity contribution in [1.82, 2.24) is 0 Å². The van der Waals surface area contributed by atoms with E-state index in [2.05, 4.69) is 14.1 Å². The van der Waals surface area contributed by atoms with Crippen molar-refractivity contribution in [3.05, 3.63) is 65.7 Å². The van der Waals surface area contributed by atoms with Gasteiger partial charge >= 0.3 is 0 Å². The van der Waals surface area contributed by atoms with Gasteiger partial charge in [0.15, 0.2) is 5.78 Å². The Morgan fingerprint density at radius 3 is 2.47 bits per heavy atom. The zero-order chi connectivity index (χ0) is 20.4. The largest absolute Gasteiger partial charge is 1.00 e. The van der Waals surface area contributed by atoms with Gasteiger partial charge in [0.25, 0.3) is 0 Å². The number of carbonyl (C=O) groups excluding carboxylic acids is 1. The summed E-state index contributed by atoms with van der Waals surface area (Å²) in [7, 11) is 4.24. The van der Waals surface area contributed by atoms with E-state index in [0.717, 1.165) is 24.3 Å². The number of Topliss-reactive ketones (excluding diaryl/α,β-unsaturated/α-hetero) is 1. The minimum atomic E-state index is -0.544. The first kappa shape index (κ1) is 28.4. The molecule has 2 rings (SSSR count). The van der Waals surface area contributed by atoms with Gasteiger partial charge in [0.2, 0.25) is 0 Å². The third-order valence-corrected chi connectivity index (χ3v) is 4.79. The number of nitrogens with two attached hydrogens (primary N) is 1. The molecular formula is C23H34Cl2N2O3. The van der Waals surface area contributed by atoms with Gasteiger partial charge in [-0.25, -0.2) is 0 Å². The van der Waals surface area contributed by atoms with Crippen LogP contribution in [0.5, 0.6) is 5.75 Å². The molecule has 2 unspecified atom stereocenters. The second-order valence-corrected chi connectivity index (χ2v) is 7.60. The molecule has 7 heteroatoms. The Bertz CT molecular complexity index is 729. The molecule has 4 N–H and O–H groups in total. The van der Waals surface area contributed by atoms with Gasteiger partial charge in [-0.2, -0.15) is 0 Å². The number of aliphatic hydroxyl groups is 1. The maximum Gasteiger partial charge on any atom is 0.168 e. The SMILES string of the molecule is CC([NH2+]CCC(=O)c1cccc(OCCC[NH+](C)C)c1)C(O)c1ccccc1.[Cl-].[Cl-]. The fourth-order valence-electron chi connectivity index (χ4n) is 3.08. The Balaban J connectivity index is 0.00000420. The van der Waals surface area contributed by atoms with Gasteiger partial charge in [-0.3, -0.25) is 4.79 Å². The summed E-state index contributed by atoms with van der Waals surface area (Å²) in [5.74, 6) is 0.845. The molecule has 0 aliphatic rings. The Morgan fingerprint density at radius 2 is 1.80 bits per heavy atom. The van der Waals surface area contributed by atoms with Gasteiger partial charge in [0.05, 0.1) is 40.2 Å². The van der Waals surface area contributed by atoms with E-state index in [-0.39, 0.29) is 36.6 Å². The van der Waals surface area contributed by atoms with Crippen LogP contribution in [-0.2, 0) is 0 Å². The minimum absolute atomic E-state index is 0. The molecule has 30 heavy (non-hydrogen) atoms. The Hall–Kier alpha value is -1.63. The van der Waals surface area contributed by atoms with Crippen LogP contribution in [0.4, 0.5) is 0 Å². The van der Waals surface area contributed by atoms with Gasteiger partial charge in [-0.1, -0.05) is 42.5 Å². The third-order valence-electron chi connectivity index (χ3n) is 4.79. The number of hydrogen-bond donors (Lipinski definition) is 3. The number of rotatable bonds is 12. The highest BCUT2D eigenvalue weighted by Gasteiger charge is 2.19. The number of benzene rings is 2. The quantitative estimate of drug-likeness (QED) is 0.221. The van der Waals surface area contributed by atoms with Crippen LogP contribution >= 0.6 is 0 Å². The second kappa shape index (κ2) is 15.2. The molecule has 0 saturated carbocycles. The highest BCUT2D eigenvalue weighted by molar-refractivity contribution is 5.96. The maximum atomic E-state index is 12.5. The summed E-state index contributed by atoms with van der Waals surface area (Å²) in [5.41, 5.74) is 1.58. The summed E-state index contributed by atoms with van der Waals surface area (Å²) in [4.78, 5) is 13.9. The molecule has 0 aliphatic carbocycles. The lowest BCUT2D eigenvalue weighted by molar-refractivity contribution is -0.858. The second-order valence-electron chi connectivity index (χ2n) is 7.60. The lowest BCUT2D eigenvalue weighted by Crippen LogP contribution is -3.05. The summed E-state index contributed by atoms with van der Waals surface area (Å²) >= 11 is 0. The van der Waals surface area contributed by atoms with E-state index in [1.807, 2.05) is 66.8 Å². The van der Waals surface area contributed by atoms with Gasteiger partial charge in [-0.05, 0) is 24.6 Å². The van der Waals surface area contributed by atoms with Crippen LogP contribution in [0.3, 0.4) is 0 Å². The topological polar surface area (TPSA) is 67.6 Å². The zero-order valence-corrected chi connectivity index (χ0v) is 19.5. The molecule has 0 spiro atoms. The number of nitrogens with one attached hydrogen (secondary N) is 1. The maximum absolute atomic E-state index is 12.5. The number of carbonyl (C=O) groups is 1. The third kappa shape index (κ3) is 9.92. The van der Waals surface area contributed by atoms with Gasteiger partial charge in [-0.15, -0.1) is 0 Å². The Morgan fingerprint density at radius 1 is 1.10 bits per heavy atom. The highest BCUT2D eigenvalue weighted by Crippen LogP contribution is 2.15. The average molecular weight is 457 g/mol. The Labute approximate surface area is 192 Å². The van der Waals surface area contributed by atoms with Crippen LogP contribution in [0.15, 0.2) is 54.6 Å². The number of ether oxygens (including phenoxy) is 1. The number of quaternary nitrogens is 2. The van der Waals surface area contributed by atoms with E-state index >= 15 is 0 Å². The number of ketones is 1. The highest BCUT2D eigenvalue weighted by atomic mass is 35.5. The predicted molar refractivity (Wildman–Crippen MR) is 111 cm³/mol. The fraction of sp³-hybridized carbons (Fsp3) is 0.435. The lowest BCUT2D eigenvalue weighted by atomic mass is 10.0. The van der Waals surface area contributed by atoms with E-state index in [0.29, 0.717) is 25.1 Å². The summed E-state index contributed by atoms with van der Waals surface area (Å²) < 4.78 is 5.76. The summed E-state index contributed by atoms with van der Waals surface area (Å²) in [6, 6.07) is 17.0. The molecule has 0 heterocycles. The van der Waals surface area contributed by atoms with Crippen molar-refractivity contribution in [3.63, 3.8) is 0 Å². The first-order chi connectivity index (χ1) is 13.5. The van der Waals surface area contributed by atoms with Crippen LogP contribution in [0.25, 0.3) is 0 Å². The molecule has 0 aromatic heterocycles. The van der Waals surface area contributed by atoms with E-state index in [1.54, 1.807) is 0 Å². The molecule has 0 aliphatic heterocycles. The standard InChI is InChI=1S/C23H32N2O3.2ClH/c1-18(23(27)19-9-5-4-6-10-19)24-14-13-22(26)20-11-7-12-21(17-20)28-16-8-15-25(2)3;;/h4-7,9-12,17-18,23-24,27H,8,13-16H2,1-3H3;2*1H. The molecule has 0 amide bonds. The smallest absolute Gasteiger partial charge is 0.168 e. The first-order valence-corrected chi connectivity index (χ1v) is 10.1. The Kier molecular flexibility index (Phi) is 14.4. The molecule has 2 aromatic carbocycles. The minimum Gasteiger partial charge on any atom is -1.00 e. The van der Waals surface area contributed by atoms with Crippen molar-refractivity contribution in [2.75, 3.05) is 33.8 Å². The van der Waals surface area contributed by atoms with E-state index in [4.69, 9.17) is 4.74 Å². The van der Waals surface area contributed by atoms with Gasteiger partial charge < -0.3 is 44.9 Å². The lowest BCUT2D eigenvalue weighted by Gasteiger charge is -2.17. The van der Waals surface area contributed by atoms with Crippen molar-refractivity contribution in [1.29, 1.82) is 0 Å². The molecular weight excluding hydrogens is 423 g/mol. The van der Waals surface area contributed by atoms with E-state index in [9.17, 15) is 9.90 Å². The molecule has 0 fully saturated rings. The number of halogens is 2. The van der Waals surface area contributed by atoms with Crippen LogP contribution < -0.4 is 39.8 Å². The first-order valence-electron chi connectivity index (χ1n) is 10.1. The van der Waals surface area contributed by atoms with Crippen LogP contribution in [-0.4, -0.2) is 50.7 Å². The monoisotopic (exact) mass is 456 g/mol. The van der Waals surface area contributed by atoms with E-state index in [1.165, 1.54) is 4.90 Å². The van der Waals surface area contributed by atoms with Crippen molar-refractivity contribution >= 4 is 5.78 Å². The van der Waals surface area contributed by atoms with E-state index < -0.39 is 6.10 Å². The molecule has 2 aromatic rings. The molecule has 0 bridgehead atoms. The molecule has 168 valence electrons. The van der Waals surface area contributed by atoms with Crippen molar-refractivity contribution < 1.29 is 49.7 Å². The molecule has 2 atom stereocenters. The summed E-state index contributed by atoms with van der Waals surface area (Å²) in [6.07, 6.45) is 0.869. The molecule has 0 saturated heterocycles. The molecule has 5 nitrogen and oxygen atoms in total. The van der Waals surface area contributed by atoms with Crippen molar-refractivity contribution in [2.45, 2.75) is 31.9 Å². The summed E-state index contributed by atoms with van der Waals surface area (Å²) in [6.45, 7) is 4.33. The number of aliphatic hydroxyl groups excluding tert-OH is 1. The van der Waals surface area contributed by atoms with Crippen molar-refractivity contribution in [3.8, 4) is 5.75 Å². The molecule has 0 radical (unpaired) electrons. The fourth-order valence-corrected chi connectivity index (χ4v) is 3.08. The van der Waals surface area contributed by atoms with Crippen molar-refractivity contribution in [2.24, 2.45) is 0 Å². The van der Waals surface area contributed by atoms with Crippen LogP contribution in [0.1, 0.15) is 41.8 Å². The predicted octanol–water partition coefficient (Wildman–Crippen LogP) is -5.13. The van der Waals surface area contributed by atoms with Gasteiger partial charge in [0, 0.05) is 12.0 Å². The normalized spacial score (nSPS) is 12.4. The van der Waals surface area contributed by atoms with Crippen LogP contribution in [0.2, 0.25) is 0 Å². The van der Waals surface area contributed by atoms with Crippen LogP contribution in [0, 0.1) is 0 Å². The zero-order valence-electron chi connectivity index (χ0n) is 18.0.